The summed E-state index contributed by atoms with van der Waals surface area (Å²) in [6.07, 6.45) is 0.906. The molecule has 0 saturated carbocycles. The van der Waals surface area contributed by atoms with E-state index in [0.29, 0.717) is 16.7 Å². The number of benzene rings is 3. The van der Waals surface area contributed by atoms with E-state index in [0.717, 1.165) is 42.3 Å². The molecule has 4 nitrogen and oxygen atoms in total. The fourth-order valence-corrected chi connectivity index (χ4v) is 3.47. The summed E-state index contributed by atoms with van der Waals surface area (Å²) >= 11 is 12.1. The van der Waals surface area contributed by atoms with Crippen molar-refractivity contribution in [1.29, 1.82) is 0 Å². The smallest absolute Gasteiger partial charge is 0.160 e. The van der Waals surface area contributed by atoms with E-state index in [-0.39, 0.29) is 0 Å². The Kier molecular flexibility index (Phi) is 8.26. The zero-order valence-corrected chi connectivity index (χ0v) is 18.6. The van der Waals surface area contributed by atoms with Crippen LogP contribution < -0.4 is 19.5 Å². The molecule has 0 atom stereocenters. The Morgan fingerprint density at radius 3 is 2.23 bits per heavy atom. The molecule has 0 spiro atoms. The molecule has 3 aromatic rings. The minimum absolute atomic E-state index is 0.402. The van der Waals surface area contributed by atoms with Crippen LogP contribution in [0.5, 0.6) is 17.2 Å². The molecule has 1 N–H and O–H groups in total. The zero-order chi connectivity index (χ0) is 21.3. The summed E-state index contributed by atoms with van der Waals surface area (Å²) in [4.78, 5) is 0. The van der Waals surface area contributed by atoms with Crippen molar-refractivity contribution in [3.63, 3.8) is 0 Å². The maximum Gasteiger partial charge on any atom is 0.160 e. The van der Waals surface area contributed by atoms with Crippen LogP contribution in [-0.2, 0) is 19.6 Å². The van der Waals surface area contributed by atoms with Gasteiger partial charge < -0.3 is 19.5 Å². The SMILES string of the molecule is COc1ccc(CCNCc2ccc(OCc3ccc(Cl)cc3Cl)cc2)cc1OC. The van der Waals surface area contributed by atoms with Gasteiger partial charge in [0.05, 0.1) is 14.2 Å². The molecule has 0 amide bonds. The first kappa shape index (κ1) is 22.3. The molecule has 3 aromatic carbocycles. The summed E-state index contributed by atoms with van der Waals surface area (Å²) < 4.78 is 16.4. The molecule has 0 unspecified atom stereocenters. The van der Waals surface area contributed by atoms with Crippen LogP contribution in [0.4, 0.5) is 0 Å². The van der Waals surface area contributed by atoms with Crippen LogP contribution in [0.15, 0.2) is 60.7 Å². The minimum Gasteiger partial charge on any atom is -0.493 e. The molecule has 0 aliphatic carbocycles. The number of ether oxygens (including phenoxy) is 3. The van der Waals surface area contributed by atoms with Crippen molar-refractivity contribution in [2.75, 3.05) is 20.8 Å². The molecule has 0 radical (unpaired) electrons. The van der Waals surface area contributed by atoms with Gasteiger partial charge in [0.2, 0.25) is 0 Å². The van der Waals surface area contributed by atoms with Crippen LogP contribution >= 0.6 is 23.2 Å². The predicted molar refractivity (Wildman–Crippen MR) is 122 cm³/mol. The van der Waals surface area contributed by atoms with Crippen molar-refractivity contribution in [3.8, 4) is 17.2 Å². The Morgan fingerprint density at radius 2 is 1.53 bits per heavy atom. The van der Waals surface area contributed by atoms with Gasteiger partial charge in [0, 0.05) is 22.2 Å². The quantitative estimate of drug-likeness (QED) is 0.393. The van der Waals surface area contributed by atoms with Gasteiger partial charge in [-0.25, -0.2) is 0 Å². The van der Waals surface area contributed by atoms with Crippen LogP contribution in [0.25, 0.3) is 0 Å². The predicted octanol–water partition coefficient (Wildman–Crippen LogP) is 5.92. The number of nitrogens with one attached hydrogen (secondary N) is 1. The fraction of sp³-hybridized carbons (Fsp3) is 0.250. The Hall–Kier alpha value is -2.40. The van der Waals surface area contributed by atoms with E-state index in [9.17, 15) is 0 Å². The lowest BCUT2D eigenvalue weighted by Gasteiger charge is -2.11. The molecule has 158 valence electrons. The van der Waals surface area contributed by atoms with E-state index in [4.69, 9.17) is 37.4 Å². The Balaban J connectivity index is 1.43. The third kappa shape index (κ3) is 6.30. The molecule has 0 saturated heterocycles. The first-order chi connectivity index (χ1) is 14.6. The summed E-state index contributed by atoms with van der Waals surface area (Å²) in [6, 6.07) is 19.5. The van der Waals surface area contributed by atoms with Gasteiger partial charge in [-0.2, -0.15) is 0 Å². The average Bonchev–Trinajstić information content (AvgIpc) is 2.76. The normalized spacial score (nSPS) is 10.7. The van der Waals surface area contributed by atoms with Crippen LogP contribution in [0.1, 0.15) is 16.7 Å². The lowest BCUT2D eigenvalue weighted by molar-refractivity contribution is 0.306. The highest BCUT2D eigenvalue weighted by Gasteiger charge is 2.05. The highest BCUT2D eigenvalue weighted by atomic mass is 35.5. The number of halogens is 2. The number of rotatable bonds is 10. The second-order valence-corrected chi connectivity index (χ2v) is 7.63. The molecule has 3 rings (SSSR count). The average molecular weight is 446 g/mol. The van der Waals surface area contributed by atoms with E-state index >= 15 is 0 Å². The van der Waals surface area contributed by atoms with Crippen molar-refractivity contribution in [3.05, 3.63) is 87.4 Å². The topological polar surface area (TPSA) is 39.7 Å². The second kappa shape index (κ2) is 11.1. The Labute approximate surface area is 187 Å². The minimum atomic E-state index is 0.402. The van der Waals surface area contributed by atoms with Crippen LogP contribution in [0.3, 0.4) is 0 Å². The van der Waals surface area contributed by atoms with Gasteiger partial charge in [-0.15, -0.1) is 0 Å². The largest absolute Gasteiger partial charge is 0.493 e. The van der Waals surface area contributed by atoms with Crippen LogP contribution in [0.2, 0.25) is 10.0 Å². The molecule has 30 heavy (non-hydrogen) atoms. The molecule has 0 aliphatic heterocycles. The van der Waals surface area contributed by atoms with Crippen molar-refractivity contribution in [2.45, 2.75) is 19.6 Å². The maximum absolute atomic E-state index is 6.18. The molecular weight excluding hydrogens is 421 g/mol. The number of hydrogen-bond donors (Lipinski definition) is 1. The first-order valence-corrected chi connectivity index (χ1v) is 10.4. The summed E-state index contributed by atoms with van der Waals surface area (Å²) in [7, 11) is 3.29. The highest BCUT2D eigenvalue weighted by Crippen LogP contribution is 2.27. The fourth-order valence-electron chi connectivity index (χ4n) is 3.00. The zero-order valence-electron chi connectivity index (χ0n) is 17.1. The molecule has 0 aliphatic rings. The number of hydrogen-bond acceptors (Lipinski definition) is 4. The van der Waals surface area contributed by atoms with Crippen molar-refractivity contribution < 1.29 is 14.2 Å². The molecule has 0 bridgehead atoms. The molecule has 0 aromatic heterocycles. The van der Waals surface area contributed by atoms with Crippen molar-refractivity contribution in [1.82, 2.24) is 5.32 Å². The van der Waals surface area contributed by atoms with E-state index in [1.165, 1.54) is 11.1 Å². The maximum atomic E-state index is 6.18. The summed E-state index contributed by atoms with van der Waals surface area (Å²) in [5, 5.41) is 4.69. The standard InChI is InChI=1S/C24H25Cl2NO3/c1-28-23-10-5-17(13-24(23)29-2)11-12-27-15-18-3-8-21(9-4-18)30-16-19-6-7-20(25)14-22(19)26/h3-10,13-14,27H,11-12,15-16H2,1-2H3. The molecular formula is C24H25Cl2NO3. The van der Waals surface area contributed by atoms with Gasteiger partial charge >= 0.3 is 0 Å². The highest BCUT2D eigenvalue weighted by molar-refractivity contribution is 6.35. The lowest BCUT2D eigenvalue weighted by Crippen LogP contribution is -2.16. The Morgan fingerprint density at radius 1 is 0.800 bits per heavy atom. The van der Waals surface area contributed by atoms with Crippen molar-refractivity contribution in [2.24, 2.45) is 0 Å². The van der Waals surface area contributed by atoms with Gasteiger partial charge in [0.15, 0.2) is 11.5 Å². The lowest BCUT2D eigenvalue weighted by atomic mass is 10.1. The second-order valence-electron chi connectivity index (χ2n) is 6.78. The molecule has 0 fully saturated rings. The first-order valence-electron chi connectivity index (χ1n) is 9.66. The van der Waals surface area contributed by atoms with E-state index in [2.05, 4.69) is 23.5 Å². The molecule has 0 heterocycles. The van der Waals surface area contributed by atoms with E-state index in [1.807, 2.05) is 36.4 Å². The van der Waals surface area contributed by atoms with Gasteiger partial charge in [-0.05, 0) is 60.5 Å². The van der Waals surface area contributed by atoms with Gasteiger partial charge in [-0.1, -0.05) is 47.5 Å². The van der Waals surface area contributed by atoms with Crippen molar-refractivity contribution >= 4 is 23.2 Å². The van der Waals surface area contributed by atoms with Gasteiger partial charge in [-0.3, -0.25) is 0 Å². The molecule has 6 heteroatoms. The third-order valence-corrected chi connectivity index (χ3v) is 5.29. The van der Waals surface area contributed by atoms with Crippen LogP contribution in [-0.4, -0.2) is 20.8 Å². The van der Waals surface area contributed by atoms with Gasteiger partial charge in [0.1, 0.15) is 12.4 Å². The summed E-state index contributed by atoms with van der Waals surface area (Å²) in [6.45, 7) is 2.05. The van der Waals surface area contributed by atoms with Gasteiger partial charge in [0.25, 0.3) is 0 Å². The number of methoxy groups -OCH3 is 2. The van der Waals surface area contributed by atoms with Crippen LogP contribution in [0, 0.1) is 0 Å². The third-order valence-electron chi connectivity index (χ3n) is 4.70. The van der Waals surface area contributed by atoms with E-state index < -0.39 is 0 Å². The van der Waals surface area contributed by atoms with E-state index in [1.54, 1.807) is 20.3 Å². The summed E-state index contributed by atoms with van der Waals surface area (Å²) in [5.74, 6) is 2.30. The Bertz CT molecular complexity index is 961. The summed E-state index contributed by atoms with van der Waals surface area (Å²) in [5.41, 5.74) is 3.30. The monoisotopic (exact) mass is 445 g/mol.